The molecule has 0 bridgehead atoms. The van der Waals surface area contributed by atoms with Crippen LogP contribution in [0.5, 0.6) is 0 Å². The Morgan fingerprint density at radius 1 is 1.09 bits per heavy atom. The van der Waals surface area contributed by atoms with Crippen molar-refractivity contribution in [3.8, 4) is 0 Å². The Morgan fingerprint density at radius 3 is 2.36 bits per heavy atom. The Labute approximate surface area is 131 Å². The van der Waals surface area contributed by atoms with Gasteiger partial charge in [-0.2, -0.15) is 0 Å². The smallest absolute Gasteiger partial charge is 0.275 e. The molecular weight excluding hydrogens is 276 g/mol. The maximum atomic E-state index is 12.2. The monoisotopic (exact) mass is 298 g/mol. The fourth-order valence-corrected chi connectivity index (χ4v) is 2.16. The van der Waals surface area contributed by atoms with E-state index in [1.165, 1.54) is 11.8 Å². The lowest BCUT2D eigenvalue weighted by molar-refractivity contribution is 0.102. The van der Waals surface area contributed by atoms with Crippen LogP contribution < -0.4 is 10.2 Å². The number of aromatic nitrogens is 2. The van der Waals surface area contributed by atoms with Gasteiger partial charge >= 0.3 is 0 Å². The normalized spacial score (nSPS) is 10.4. The van der Waals surface area contributed by atoms with Crippen LogP contribution in [-0.4, -0.2) is 29.0 Å². The van der Waals surface area contributed by atoms with Gasteiger partial charge in [0, 0.05) is 18.8 Å². The van der Waals surface area contributed by atoms with Crippen molar-refractivity contribution in [3.63, 3.8) is 0 Å². The number of hydrogen-bond acceptors (Lipinski definition) is 4. The first-order valence-corrected chi connectivity index (χ1v) is 7.50. The number of hydrogen-bond donors (Lipinski definition) is 1. The molecule has 22 heavy (non-hydrogen) atoms. The van der Waals surface area contributed by atoms with Crippen LogP contribution in [0.1, 0.15) is 35.5 Å². The third-order valence-electron chi connectivity index (χ3n) is 3.72. The van der Waals surface area contributed by atoms with Crippen LogP contribution >= 0.6 is 0 Å². The highest BCUT2D eigenvalue weighted by Crippen LogP contribution is 2.15. The van der Waals surface area contributed by atoms with E-state index < -0.39 is 0 Å². The number of nitrogens with zero attached hydrogens (tertiary/aromatic N) is 3. The molecule has 0 saturated heterocycles. The van der Waals surface area contributed by atoms with Gasteiger partial charge in [-0.25, -0.2) is 9.97 Å². The van der Waals surface area contributed by atoms with E-state index in [4.69, 9.17) is 0 Å². The number of anilines is 2. The van der Waals surface area contributed by atoms with Gasteiger partial charge in [0.25, 0.3) is 5.91 Å². The molecule has 1 amide bonds. The number of rotatable bonds is 5. The first kappa shape index (κ1) is 15.9. The highest BCUT2D eigenvalue weighted by atomic mass is 16.1. The van der Waals surface area contributed by atoms with Gasteiger partial charge in [-0.3, -0.25) is 4.79 Å². The second-order valence-electron chi connectivity index (χ2n) is 5.19. The number of amides is 1. The summed E-state index contributed by atoms with van der Waals surface area (Å²) in [6.45, 7) is 9.90. The van der Waals surface area contributed by atoms with Crippen LogP contribution in [0.3, 0.4) is 0 Å². The van der Waals surface area contributed by atoms with Crippen molar-refractivity contribution < 1.29 is 4.79 Å². The van der Waals surface area contributed by atoms with Gasteiger partial charge in [0.1, 0.15) is 11.5 Å². The van der Waals surface area contributed by atoms with E-state index in [0.29, 0.717) is 5.69 Å². The molecule has 1 aromatic heterocycles. The standard InChI is InChI=1S/C17H22N4O/c1-5-21(6-2)16-11-18-15(10-19-16)17(22)20-14-8-7-12(3)13(4)9-14/h7-11H,5-6H2,1-4H3,(H,20,22). The van der Waals surface area contributed by atoms with Crippen molar-refractivity contribution >= 4 is 17.4 Å². The quantitative estimate of drug-likeness (QED) is 0.921. The van der Waals surface area contributed by atoms with E-state index in [9.17, 15) is 4.79 Å². The minimum absolute atomic E-state index is 0.248. The molecule has 0 aliphatic heterocycles. The van der Waals surface area contributed by atoms with Crippen molar-refractivity contribution in [2.75, 3.05) is 23.3 Å². The molecule has 5 nitrogen and oxygen atoms in total. The number of aryl methyl sites for hydroxylation is 2. The number of carbonyl (C=O) groups excluding carboxylic acids is 1. The molecule has 0 saturated carbocycles. The lowest BCUT2D eigenvalue weighted by Crippen LogP contribution is -2.23. The van der Waals surface area contributed by atoms with Crippen molar-refractivity contribution in [2.24, 2.45) is 0 Å². The summed E-state index contributed by atoms with van der Waals surface area (Å²) < 4.78 is 0. The fourth-order valence-electron chi connectivity index (χ4n) is 2.16. The van der Waals surface area contributed by atoms with E-state index >= 15 is 0 Å². The van der Waals surface area contributed by atoms with Crippen molar-refractivity contribution in [1.29, 1.82) is 0 Å². The Bertz CT molecular complexity index is 648. The topological polar surface area (TPSA) is 58.1 Å². The van der Waals surface area contributed by atoms with Crippen molar-refractivity contribution in [3.05, 3.63) is 47.4 Å². The van der Waals surface area contributed by atoms with Gasteiger partial charge in [-0.1, -0.05) is 6.07 Å². The molecule has 116 valence electrons. The molecule has 0 aliphatic rings. The second kappa shape index (κ2) is 7.02. The van der Waals surface area contributed by atoms with Crippen LogP contribution in [0, 0.1) is 13.8 Å². The van der Waals surface area contributed by atoms with Gasteiger partial charge in [0.05, 0.1) is 12.4 Å². The summed E-state index contributed by atoms with van der Waals surface area (Å²) in [5, 5.41) is 2.85. The van der Waals surface area contributed by atoms with Crippen LogP contribution in [0.15, 0.2) is 30.6 Å². The summed E-state index contributed by atoms with van der Waals surface area (Å²) in [6, 6.07) is 5.82. The lowest BCUT2D eigenvalue weighted by Gasteiger charge is -2.18. The summed E-state index contributed by atoms with van der Waals surface area (Å²) in [5.41, 5.74) is 3.42. The van der Waals surface area contributed by atoms with Crippen LogP contribution in [0.25, 0.3) is 0 Å². The summed E-state index contributed by atoms with van der Waals surface area (Å²) in [6.07, 6.45) is 3.16. The molecule has 0 radical (unpaired) electrons. The van der Waals surface area contributed by atoms with Gasteiger partial charge in [-0.05, 0) is 51.0 Å². The molecule has 0 spiro atoms. The summed E-state index contributed by atoms with van der Waals surface area (Å²) in [4.78, 5) is 22.8. The first-order chi connectivity index (χ1) is 10.5. The molecule has 1 N–H and O–H groups in total. The zero-order chi connectivity index (χ0) is 16.1. The largest absolute Gasteiger partial charge is 0.356 e. The van der Waals surface area contributed by atoms with Crippen LogP contribution in [0.2, 0.25) is 0 Å². The molecular formula is C17H22N4O. The first-order valence-electron chi connectivity index (χ1n) is 7.50. The summed E-state index contributed by atoms with van der Waals surface area (Å²) in [5.74, 6) is 0.537. The zero-order valence-corrected chi connectivity index (χ0v) is 13.6. The minimum atomic E-state index is -0.248. The zero-order valence-electron chi connectivity index (χ0n) is 13.6. The third-order valence-corrected chi connectivity index (χ3v) is 3.72. The molecule has 0 unspecified atom stereocenters. The van der Waals surface area contributed by atoms with E-state index in [1.807, 2.05) is 32.0 Å². The molecule has 1 aromatic carbocycles. The predicted octanol–water partition coefficient (Wildman–Crippen LogP) is 3.19. The number of nitrogens with one attached hydrogen (secondary N) is 1. The summed E-state index contributed by atoms with van der Waals surface area (Å²) in [7, 11) is 0. The van der Waals surface area contributed by atoms with Gasteiger partial charge < -0.3 is 10.2 Å². The van der Waals surface area contributed by atoms with Crippen molar-refractivity contribution in [2.45, 2.75) is 27.7 Å². The molecule has 5 heteroatoms. The van der Waals surface area contributed by atoms with Crippen LogP contribution in [-0.2, 0) is 0 Å². The molecule has 0 atom stereocenters. The van der Waals surface area contributed by atoms with Crippen molar-refractivity contribution in [1.82, 2.24) is 9.97 Å². The maximum Gasteiger partial charge on any atom is 0.275 e. The third kappa shape index (κ3) is 3.61. The average molecular weight is 298 g/mol. The Balaban J connectivity index is 2.11. The number of benzene rings is 1. The molecule has 2 rings (SSSR count). The highest BCUT2D eigenvalue weighted by Gasteiger charge is 2.10. The Hall–Kier alpha value is -2.43. The van der Waals surface area contributed by atoms with Gasteiger partial charge in [0.2, 0.25) is 0 Å². The van der Waals surface area contributed by atoms with Gasteiger partial charge in [0.15, 0.2) is 0 Å². The van der Waals surface area contributed by atoms with E-state index in [-0.39, 0.29) is 5.91 Å². The number of carbonyl (C=O) groups is 1. The lowest BCUT2D eigenvalue weighted by atomic mass is 10.1. The van der Waals surface area contributed by atoms with Crippen LogP contribution in [0.4, 0.5) is 11.5 Å². The van der Waals surface area contributed by atoms with E-state index in [1.54, 1.807) is 6.20 Å². The predicted molar refractivity (Wildman–Crippen MR) is 89.5 cm³/mol. The molecule has 0 aliphatic carbocycles. The highest BCUT2D eigenvalue weighted by molar-refractivity contribution is 6.02. The van der Waals surface area contributed by atoms with E-state index in [0.717, 1.165) is 30.2 Å². The fraction of sp³-hybridized carbons (Fsp3) is 0.353. The van der Waals surface area contributed by atoms with E-state index in [2.05, 4.69) is 34.0 Å². The second-order valence-corrected chi connectivity index (χ2v) is 5.19. The Morgan fingerprint density at radius 2 is 1.82 bits per heavy atom. The summed E-state index contributed by atoms with van der Waals surface area (Å²) >= 11 is 0. The average Bonchev–Trinajstić information content (AvgIpc) is 2.53. The van der Waals surface area contributed by atoms with Gasteiger partial charge in [-0.15, -0.1) is 0 Å². The maximum absolute atomic E-state index is 12.2. The SMILES string of the molecule is CCN(CC)c1cnc(C(=O)Nc2ccc(C)c(C)c2)cn1. The molecule has 1 heterocycles. The Kier molecular flexibility index (Phi) is 5.09. The molecule has 0 fully saturated rings. The molecule has 2 aromatic rings. The minimum Gasteiger partial charge on any atom is -0.356 e.